The van der Waals surface area contributed by atoms with Gasteiger partial charge >= 0.3 is 12.0 Å². The van der Waals surface area contributed by atoms with E-state index in [4.69, 9.17) is 0 Å². The van der Waals surface area contributed by atoms with Gasteiger partial charge in [-0.05, 0) is 39.5 Å². The number of likely N-dealkylation sites (N-methyl/N-ethyl adjacent to an activating group) is 1. The summed E-state index contributed by atoms with van der Waals surface area (Å²) in [7, 11) is 0. The van der Waals surface area contributed by atoms with E-state index in [1.165, 1.54) is 11.3 Å². The van der Waals surface area contributed by atoms with E-state index in [0.29, 0.717) is 12.5 Å². The highest BCUT2D eigenvalue weighted by atomic mass is 16.4. The van der Waals surface area contributed by atoms with E-state index in [9.17, 15) is 14.7 Å². The number of carbonyl (C=O) groups excluding carboxylic acids is 1. The maximum Gasteiger partial charge on any atom is 0.329 e. The van der Waals surface area contributed by atoms with Gasteiger partial charge in [0, 0.05) is 12.6 Å². The van der Waals surface area contributed by atoms with Crippen molar-refractivity contribution in [3.8, 4) is 0 Å². The lowest BCUT2D eigenvalue weighted by molar-refractivity contribution is -0.147. The average Bonchev–Trinajstić information content (AvgIpc) is 2.39. The van der Waals surface area contributed by atoms with Gasteiger partial charge in [-0.2, -0.15) is 0 Å². The van der Waals surface area contributed by atoms with Crippen LogP contribution in [0.25, 0.3) is 0 Å². The zero-order chi connectivity index (χ0) is 15.3. The number of hydrogen-bond acceptors (Lipinski definition) is 2. The first-order chi connectivity index (χ1) is 9.34. The van der Waals surface area contributed by atoms with Gasteiger partial charge in [-0.3, -0.25) is 0 Å². The zero-order valence-corrected chi connectivity index (χ0v) is 13.1. The van der Waals surface area contributed by atoms with Crippen molar-refractivity contribution < 1.29 is 14.7 Å². The minimum Gasteiger partial charge on any atom is -0.480 e. The molecule has 1 fully saturated rings. The van der Waals surface area contributed by atoms with Crippen molar-refractivity contribution >= 4 is 12.0 Å². The molecule has 20 heavy (non-hydrogen) atoms. The molecule has 2 amide bonds. The monoisotopic (exact) mass is 284 g/mol. The Hall–Kier alpha value is -1.26. The van der Waals surface area contributed by atoms with Crippen LogP contribution < -0.4 is 5.32 Å². The largest absolute Gasteiger partial charge is 0.480 e. The van der Waals surface area contributed by atoms with Gasteiger partial charge in [0.1, 0.15) is 5.54 Å². The maximum atomic E-state index is 12.4. The van der Waals surface area contributed by atoms with Gasteiger partial charge < -0.3 is 15.3 Å². The van der Waals surface area contributed by atoms with Gasteiger partial charge in [0.2, 0.25) is 0 Å². The van der Waals surface area contributed by atoms with Crippen LogP contribution in [0.2, 0.25) is 0 Å². The van der Waals surface area contributed by atoms with Crippen LogP contribution in [0, 0.1) is 5.92 Å². The Morgan fingerprint density at radius 1 is 1.25 bits per heavy atom. The van der Waals surface area contributed by atoms with Crippen LogP contribution in [-0.4, -0.2) is 40.1 Å². The molecule has 0 aromatic carbocycles. The summed E-state index contributed by atoms with van der Waals surface area (Å²) in [4.78, 5) is 25.1. The lowest BCUT2D eigenvalue weighted by Crippen LogP contribution is -2.58. The number of rotatable bonds is 5. The van der Waals surface area contributed by atoms with Crippen LogP contribution in [0.1, 0.15) is 59.8 Å². The second-order valence-electron chi connectivity index (χ2n) is 6.12. The van der Waals surface area contributed by atoms with Crippen LogP contribution in [0.5, 0.6) is 0 Å². The smallest absolute Gasteiger partial charge is 0.329 e. The Labute approximate surface area is 121 Å². The van der Waals surface area contributed by atoms with Gasteiger partial charge in [0.15, 0.2) is 0 Å². The Bertz CT molecular complexity index is 355. The van der Waals surface area contributed by atoms with E-state index in [2.05, 4.69) is 12.2 Å². The predicted molar refractivity (Wildman–Crippen MR) is 78.7 cm³/mol. The molecule has 2 atom stereocenters. The summed E-state index contributed by atoms with van der Waals surface area (Å²) in [6, 6.07) is -0.0786. The molecular formula is C15H28N2O3. The van der Waals surface area contributed by atoms with Crippen LogP contribution in [0.15, 0.2) is 0 Å². The van der Waals surface area contributed by atoms with Crippen molar-refractivity contribution in [2.45, 2.75) is 71.4 Å². The van der Waals surface area contributed by atoms with E-state index < -0.39 is 11.5 Å². The molecule has 116 valence electrons. The summed E-state index contributed by atoms with van der Waals surface area (Å²) >= 11 is 0. The summed E-state index contributed by atoms with van der Waals surface area (Å²) in [5, 5.41) is 12.3. The molecule has 1 saturated carbocycles. The zero-order valence-electron chi connectivity index (χ0n) is 13.1. The number of aliphatic carboxylic acids is 1. The molecule has 1 aliphatic rings. The molecule has 0 aromatic rings. The highest BCUT2D eigenvalue weighted by Gasteiger charge is 2.38. The maximum absolute atomic E-state index is 12.4. The molecule has 1 aliphatic carbocycles. The van der Waals surface area contributed by atoms with Crippen molar-refractivity contribution in [2.24, 2.45) is 5.92 Å². The molecular weight excluding hydrogens is 256 g/mol. The number of carbonyl (C=O) groups is 2. The molecule has 0 aromatic heterocycles. The van der Waals surface area contributed by atoms with Gasteiger partial charge in [-0.15, -0.1) is 0 Å². The van der Waals surface area contributed by atoms with Gasteiger partial charge in [-0.25, -0.2) is 9.59 Å². The molecule has 0 bridgehead atoms. The third-order valence-corrected chi connectivity index (χ3v) is 4.50. The van der Waals surface area contributed by atoms with Gasteiger partial charge in [0.25, 0.3) is 0 Å². The number of amides is 2. The normalized spacial score (nSPS) is 23.2. The van der Waals surface area contributed by atoms with Gasteiger partial charge in [-0.1, -0.05) is 26.2 Å². The molecule has 5 nitrogen and oxygen atoms in total. The number of carboxylic acid groups (broad SMARTS) is 1. The minimum absolute atomic E-state index is 0.180. The molecule has 0 saturated heterocycles. The molecule has 2 unspecified atom stereocenters. The third kappa shape index (κ3) is 3.64. The lowest BCUT2D eigenvalue weighted by Gasteiger charge is -2.38. The van der Waals surface area contributed by atoms with Crippen molar-refractivity contribution in [1.29, 1.82) is 0 Å². The van der Waals surface area contributed by atoms with E-state index in [0.717, 1.165) is 25.7 Å². The molecule has 0 spiro atoms. The summed E-state index contributed by atoms with van der Waals surface area (Å²) in [5.74, 6) is -0.468. The predicted octanol–water partition coefficient (Wildman–Crippen LogP) is 2.85. The standard InChI is InChI=1S/C15H28N2O3/c1-5-11-9-7-8-10-12(11)16-14(20)17(6-2)15(3,4)13(18)19/h11-12H,5-10H2,1-4H3,(H,16,20)(H,18,19). The fourth-order valence-electron chi connectivity index (χ4n) is 3.03. The Kier molecular flexibility index (Phi) is 5.84. The Balaban J connectivity index is 2.74. The summed E-state index contributed by atoms with van der Waals surface area (Å²) < 4.78 is 0. The first-order valence-electron chi connectivity index (χ1n) is 7.66. The minimum atomic E-state index is -1.19. The number of carboxylic acids is 1. The first kappa shape index (κ1) is 16.8. The van der Waals surface area contributed by atoms with Crippen molar-refractivity contribution in [1.82, 2.24) is 10.2 Å². The Morgan fingerprint density at radius 2 is 1.85 bits per heavy atom. The molecule has 1 rings (SSSR count). The number of urea groups is 1. The SMILES string of the molecule is CCC1CCCCC1NC(=O)N(CC)C(C)(C)C(=O)O. The topological polar surface area (TPSA) is 69.6 Å². The number of nitrogens with one attached hydrogen (secondary N) is 1. The van der Waals surface area contributed by atoms with E-state index >= 15 is 0 Å². The summed E-state index contributed by atoms with van der Waals surface area (Å²) in [5.41, 5.74) is -1.19. The van der Waals surface area contributed by atoms with Crippen molar-refractivity contribution in [3.05, 3.63) is 0 Å². The fourth-order valence-corrected chi connectivity index (χ4v) is 3.03. The first-order valence-corrected chi connectivity index (χ1v) is 7.66. The van der Waals surface area contributed by atoms with E-state index in [1.54, 1.807) is 13.8 Å². The molecule has 0 heterocycles. The number of nitrogens with zero attached hydrogens (tertiary/aromatic N) is 1. The molecule has 0 radical (unpaired) electrons. The third-order valence-electron chi connectivity index (χ3n) is 4.50. The summed E-state index contributed by atoms with van der Waals surface area (Å²) in [6.07, 6.45) is 5.56. The molecule has 2 N–H and O–H groups in total. The van der Waals surface area contributed by atoms with Crippen LogP contribution in [-0.2, 0) is 4.79 Å². The van der Waals surface area contributed by atoms with Crippen LogP contribution in [0.4, 0.5) is 4.79 Å². The van der Waals surface area contributed by atoms with E-state index in [-0.39, 0.29) is 12.1 Å². The van der Waals surface area contributed by atoms with E-state index in [1.807, 2.05) is 6.92 Å². The summed E-state index contributed by atoms with van der Waals surface area (Å²) in [6.45, 7) is 7.47. The highest BCUT2D eigenvalue weighted by molar-refractivity contribution is 5.85. The van der Waals surface area contributed by atoms with Crippen LogP contribution >= 0.6 is 0 Å². The van der Waals surface area contributed by atoms with Crippen LogP contribution in [0.3, 0.4) is 0 Å². The fraction of sp³-hybridized carbons (Fsp3) is 0.867. The molecule has 0 aliphatic heterocycles. The second kappa shape index (κ2) is 6.95. The highest BCUT2D eigenvalue weighted by Crippen LogP contribution is 2.27. The van der Waals surface area contributed by atoms with Crippen molar-refractivity contribution in [3.63, 3.8) is 0 Å². The average molecular weight is 284 g/mol. The Morgan fingerprint density at radius 3 is 2.35 bits per heavy atom. The lowest BCUT2D eigenvalue weighted by atomic mass is 9.83. The van der Waals surface area contributed by atoms with Crippen molar-refractivity contribution in [2.75, 3.05) is 6.54 Å². The molecule has 5 heteroatoms. The van der Waals surface area contributed by atoms with Gasteiger partial charge in [0.05, 0.1) is 0 Å². The quantitative estimate of drug-likeness (QED) is 0.815. The number of hydrogen-bond donors (Lipinski definition) is 2. The second-order valence-corrected chi connectivity index (χ2v) is 6.12.